The molecule has 1 heterocycles. The average molecular weight is 353 g/mol. The van der Waals surface area contributed by atoms with Gasteiger partial charge in [0.1, 0.15) is 0 Å². The molecule has 5 nitrogen and oxygen atoms in total. The van der Waals surface area contributed by atoms with Gasteiger partial charge >= 0.3 is 0 Å². The zero-order valence-corrected chi connectivity index (χ0v) is 15.7. The standard InChI is InChI=1S/C18H28N2O3S/c1-18(2,3)15-17(21)19-10-12-20(13-11-19)24(22,23)14-9-16-7-5-4-6-8-16/h4-8H,9-15H2,1-3H3. The molecule has 0 radical (unpaired) electrons. The monoisotopic (exact) mass is 352 g/mol. The third-order valence-corrected chi connectivity index (χ3v) is 6.03. The lowest BCUT2D eigenvalue weighted by molar-refractivity contribution is -0.134. The lowest BCUT2D eigenvalue weighted by atomic mass is 9.91. The van der Waals surface area contributed by atoms with Crippen molar-refractivity contribution in [1.29, 1.82) is 0 Å². The van der Waals surface area contributed by atoms with E-state index in [4.69, 9.17) is 0 Å². The number of benzene rings is 1. The minimum Gasteiger partial charge on any atom is -0.340 e. The highest BCUT2D eigenvalue weighted by Gasteiger charge is 2.29. The molecular weight excluding hydrogens is 324 g/mol. The normalized spacial score (nSPS) is 17.0. The molecule has 0 spiro atoms. The molecule has 2 rings (SSSR count). The number of hydrogen-bond acceptors (Lipinski definition) is 3. The van der Waals surface area contributed by atoms with Crippen LogP contribution < -0.4 is 0 Å². The van der Waals surface area contributed by atoms with E-state index >= 15 is 0 Å². The summed E-state index contributed by atoms with van der Waals surface area (Å²) in [4.78, 5) is 14.0. The molecule has 6 heteroatoms. The van der Waals surface area contributed by atoms with Gasteiger partial charge in [0, 0.05) is 32.6 Å². The Kier molecular flexibility index (Phi) is 6.04. The minimum absolute atomic E-state index is 0.0457. The van der Waals surface area contributed by atoms with Crippen LogP contribution in [0.2, 0.25) is 0 Å². The summed E-state index contributed by atoms with van der Waals surface area (Å²) >= 11 is 0. The van der Waals surface area contributed by atoms with E-state index in [-0.39, 0.29) is 17.1 Å². The number of sulfonamides is 1. The Morgan fingerprint density at radius 3 is 2.17 bits per heavy atom. The predicted molar refractivity (Wildman–Crippen MR) is 96.2 cm³/mol. The van der Waals surface area contributed by atoms with Gasteiger partial charge in [-0.3, -0.25) is 4.79 Å². The maximum atomic E-state index is 12.5. The second-order valence-corrected chi connectivity index (χ2v) is 9.66. The van der Waals surface area contributed by atoms with E-state index < -0.39 is 10.0 Å². The summed E-state index contributed by atoms with van der Waals surface area (Å²) in [5, 5.41) is 0. The van der Waals surface area contributed by atoms with Crippen LogP contribution in [0.4, 0.5) is 0 Å². The number of aryl methyl sites for hydroxylation is 1. The first-order valence-electron chi connectivity index (χ1n) is 8.47. The largest absolute Gasteiger partial charge is 0.340 e. The smallest absolute Gasteiger partial charge is 0.223 e. The third kappa shape index (κ3) is 5.60. The van der Waals surface area contributed by atoms with E-state index in [1.54, 1.807) is 4.90 Å². The molecule has 1 aliphatic heterocycles. The fourth-order valence-electron chi connectivity index (χ4n) is 2.80. The summed E-state index contributed by atoms with van der Waals surface area (Å²) in [6, 6.07) is 9.65. The van der Waals surface area contributed by atoms with Crippen molar-refractivity contribution in [3.63, 3.8) is 0 Å². The quantitative estimate of drug-likeness (QED) is 0.816. The zero-order valence-electron chi connectivity index (χ0n) is 14.9. The maximum absolute atomic E-state index is 12.5. The molecule has 1 aromatic rings. The number of piperazine rings is 1. The summed E-state index contributed by atoms with van der Waals surface area (Å²) in [5.41, 5.74) is 0.982. The number of carbonyl (C=O) groups is 1. The van der Waals surface area contributed by atoms with Crippen LogP contribution >= 0.6 is 0 Å². The average Bonchev–Trinajstić information content (AvgIpc) is 2.53. The van der Waals surface area contributed by atoms with Gasteiger partial charge in [-0.2, -0.15) is 4.31 Å². The van der Waals surface area contributed by atoms with Gasteiger partial charge in [0.2, 0.25) is 15.9 Å². The van der Waals surface area contributed by atoms with Gasteiger partial charge in [-0.25, -0.2) is 8.42 Å². The second kappa shape index (κ2) is 7.66. The van der Waals surface area contributed by atoms with Crippen molar-refractivity contribution >= 4 is 15.9 Å². The summed E-state index contributed by atoms with van der Waals surface area (Å²) in [6.07, 6.45) is 1.01. The predicted octanol–water partition coefficient (Wildman–Crippen LogP) is 2.14. The van der Waals surface area contributed by atoms with Crippen LogP contribution in [0.3, 0.4) is 0 Å². The molecule has 0 aromatic heterocycles. The molecule has 134 valence electrons. The van der Waals surface area contributed by atoms with Crippen LogP contribution in [0.25, 0.3) is 0 Å². The maximum Gasteiger partial charge on any atom is 0.223 e. The Balaban J connectivity index is 1.85. The summed E-state index contributed by atoms with van der Waals surface area (Å²) in [5.74, 6) is 0.233. The van der Waals surface area contributed by atoms with Crippen LogP contribution in [-0.2, 0) is 21.2 Å². The molecule has 0 saturated carbocycles. The van der Waals surface area contributed by atoms with E-state index in [0.717, 1.165) is 5.56 Å². The van der Waals surface area contributed by atoms with Gasteiger partial charge in [0.25, 0.3) is 0 Å². The highest BCUT2D eigenvalue weighted by Crippen LogP contribution is 2.21. The van der Waals surface area contributed by atoms with Crippen LogP contribution in [0.1, 0.15) is 32.8 Å². The van der Waals surface area contributed by atoms with Crippen molar-refractivity contribution in [2.75, 3.05) is 31.9 Å². The molecule has 1 fully saturated rings. The Labute approximate surface area is 145 Å². The fraction of sp³-hybridized carbons (Fsp3) is 0.611. The highest BCUT2D eigenvalue weighted by atomic mass is 32.2. The Bertz CT molecular complexity index is 643. The third-order valence-electron chi connectivity index (χ3n) is 4.16. The van der Waals surface area contributed by atoms with E-state index in [1.165, 1.54) is 4.31 Å². The molecule has 0 aliphatic carbocycles. The van der Waals surface area contributed by atoms with E-state index in [2.05, 4.69) is 0 Å². The molecule has 24 heavy (non-hydrogen) atoms. The van der Waals surface area contributed by atoms with Gasteiger partial charge in [0.05, 0.1) is 5.75 Å². The molecule has 1 saturated heterocycles. The summed E-state index contributed by atoms with van der Waals surface area (Å²) < 4.78 is 26.5. The van der Waals surface area contributed by atoms with Gasteiger partial charge in [-0.05, 0) is 17.4 Å². The lowest BCUT2D eigenvalue weighted by Crippen LogP contribution is -2.51. The van der Waals surface area contributed by atoms with Crippen molar-refractivity contribution in [2.24, 2.45) is 5.41 Å². The van der Waals surface area contributed by atoms with Gasteiger partial charge in [-0.1, -0.05) is 51.1 Å². The molecule has 1 amide bonds. The molecule has 0 unspecified atom stereocenters. The lowest BCUT2D eigenvalue weighted by Gasteiger charge is -2.35. The number of nitrogens with zero attached hydrogens (tertiary/aromatic N) is 2. The van der Waals surface area contributed by atoms with Crippen LogP contribution in [0.5, 0.6) is 0 Å². The molecule has 1 aliphatic rings. The molecule has 1 aromatic carbocycles. The topological polar surface area (TPSA) is 57.7 Å². The summed E-state index contributed by atoms with van der Waals surface area (Å²) in [7, 11) is -3.27. The van der Waals surface area contributed by atoms with E-state index in [1.807, 2.05) is 51.1 Å². The number of hydrogen-bond donors (Lipinski definition) is 0. The van der Waals surface area contributed by atoms with Crippen molar-refractivity contribution in [2.45, 2.75) is 33.6 Å². The Morgan fingerprint density at radius 2 is 1.62 bits per heavy atom. The molecule has 0 bridgehead atoms. The molecule has 0 atom stereocenters. The molecule has 0 N–H and O–H groups in total. The number of carbonyl (C=O) groups excluding carboxylic acids is 1. The molecular formula is C18H28N2O3S. The number of rotatable bonds is 5. The first-order valence-corrected chi connectivity index (χ1v) is 10.1. The van der Waals surface area contributed by atoms with Crippen LogP contribution in [0.15, 0.2) is 30.3 Å². The van der Waals surface area contributed by atoms with E-state index in [0.29, 0.717) is 39.0 Å². The number of amides is 1. The van der Waals surface area contributed by atoms with E-state index in [9.17, 15) is 13.2 Å². The first kappa shape index (κ1) is 18.9. The van der Waals surface area contributed by atoms with Crippen molar-refractivity contribution in [3.8, 4) is 0 Å². The SMILES string of the molecule is CC(C)(C)CC(=O)N1CCN(S(=O)(=O)CCc2ccccc2)CC1. The van der Waals surface area contributed by atoms with Gasteiger partial charge in [-0.15, -0.1) is 0 Å². The van der Waals surface area contributed by atoms with Gasteiger partial charge < -0.3 is 4.90 Å². The van der Waals surface area contributed by atoms with Crippen molar-refractivity contribution < 1.29 is 13.2 Å². The van der Waals surface area contributed by atoms with Crippen LogP contribution in [0, 0.1) is 5.41 Å². The van der Waals surface area contributed by atoms with Crippen molar-refractivity contribution in [3.05, 3.63) is 35.9 Å². The summed E-state index contributed by atoms with van der Waals surface area (Å²) in [6.45, 7) is 7.87. The second-order valence-electron chi connectivity index (χ2n) is 7.57. The zero-order chi connectivity index (χ0) is 17.8. The van der Waals surface area contributed by atoms with Gasteiger partial charge in [0.15, 0.2) is 0 Å². The van der Waals surface area contributed by atoms with Crippen LogP contribution in [-0.4, -0.2) is 55.5 Å². The fourth-order valence-corrected chi connectivity index (χ4v) is 4.27. The Hall–Kier alpha value is -1.40. The van der Waals surface area contributed by atoms with Crippen molar-refractivity contribution in [1.82, 2.24) is 9.21 Å². The first-order chi connectivity index (χ1) is 11.2. The highest BCUT2D eigenvalue weighted by molar-refractivity contribution is 7.89. The Morgan fingerprint density at radius 1 is 1.04 bits per heavy atom. The minimum atomic E-state index is -3.27.